The average molecular weight is 300 g/mol. The molecule has 0 fully saturated rings. The molecule has 0 saturated carbocycles. The van der Waals surface area contributed by atoms with E-state index in [1.807, 2.05) is 0 Å². The molecule has 0 spiro atoms. The first-order valence-electron chi connectivity index (χ1n) is 5.61. The van der Waals surface area contributed by atoms with E-state index in [4.69, 9.17) is 11.6 Å². The molecular formula is C14H9ClF3NO. The first-order chi connectivity index (χ1) is 9.38. The molecule has 0 bridgehead atoms. The summed E-state index contributed by atoms with van der Waals surface area (Å²) in [6.07, 6.45) is -4.42. The Balaban J connectivity index is 2.34. The molecule has 1 N–H and O–H groups in total. The molecule has 0 aliphatic rings. The molecule has 2 nitrogen and oxygen atoms in total. The quantitative estimate of drug-likeness (QED) is 0.823. The summed E-state index contributed by atoms with van der Waals surface area (Å²) in [6, 6.07) is 11.0. The Bertz CT molecular complexity index is 640. The fourth-order valence-electron chi connectivity index (χ4n) is 1.69. The van der Waals surface area contributed by atoms with Gasteiger partial charge >= 0.3 is 6.18 Å². The number of rotatable bonds is 3. The van der Waals surface area contributed by atoms with Gasteiger partial charge in [-0.15, -0.1) is 0 Å². The van der Waals surface area contributed by atoms with Crippen LogP contribution in [0, 0.1) is 0 Å². The molecule has 0 aromatic heterocycles. The number of hydrogen-bond acceptors (Lipinski definition) is 2. The molecule has 2 aromatic rings. The van der Waals surface area contributed by atoms with Crippen LogP contribution in [0.3, 0.4) is 0 Å². The largest absolute Gasteiger partial charge is 0.416 e. The number of anilines is 2. The number of carbonyl (C=O) groups excluding carboxylic acids is 1. The minimum absolute atomic E-state index is 0.201. The fourth-order valence-corrected chi connectivity index (χ4v) is 1.86. The van der Waals surface area contributed by atoms with Gasteiger partial charge in [-0.3, -0.25) is 4.79 Å². The molecule has 0 atom stereocenters. The molecule has 0 radical (unpaired) electrons. The second-order valence-corrected chi connectivity index (χ2v) is 4.37. The number of hydrogen-bond donors (Lipinski definition) is 1. The molecule has 0 aliphatic heterocycles. The van der Waals surface area contributed by atoms with Gasteiger partial charge in [0.25, 0.3) is 5.24 Å². The van der Waals surface area contributed by atoms with Crippen molar-refractivity contribution >= 4 is 28.2 Å². The molecule has 20 heavy (non-hydrogen) atoms. The molecular weight excluding hydrogens is 291 g/mol. The maximum atomic E-state index is 12.6. The highest BCUT2D eigenvalue weighted by Crippen LogP contribution is 2.31. The van der Waals surface area contributed by atoms with Crippen molar-refractivity contribution in [2.24, 2.45) is 0 Å². The topological polar surface area (TPSA) is 29.1 Å². The lowest BCUT2D eigenvalue weighted by Gasteiger charge is -2.12. The highest BCUT2D eigenvalue weighted by Gasteiger charge is 2.30. The fraction of sp³-hybridized carbons (Fsp3) is 0.0714. The number of halogens is 4. The van der Waals surface area contributed by atoms with Gasteiger partial charge in [-0.25, -0.2) is 0 Å². The van der Waals surface area contributed by atoms with Crippen LogP contribution in [0.5, 0.6) is 0 Å². The monoisotopic (exact) mass is 299 g/mol. The van der Waals surface area contributed by atoms with Crippen LogP contribution in [0.15, 0.2) is 48.5 Å². The van der Waals surface area contributed by atoms with Crippen molar-refractivity contribution in [2.75, 3.05) is 5.32 Å². The Morgan fingerprint density at radius 2 is 1.75 bits per heavy atom. The molecule has 0 heterocycles. The summed E-state index contributed by atoms with van der Waals surface area (Å²) in [5.41, 5.74) is 0.0146. The van der Waals surface area contributed by atoms with Gasteiger partial charge in [-0.1, -0.05) is 18.2 Å². The van der Waals surface area contributed by atoms with Gasteiger partial charge in [0.15, 0.2) is 0 Å². The van der Waals surface area contributed by atoms with Crippen LogP contribution in [0.4, 0.5) is 24.5 Å². The second-order valence-electron chi connectivity index (χ2n) is 4.02. The zero-order valence-corrected chi connectivity index (χ0v) is 10.8. The lowest BCUT2D eigenvalue weighted by Crippen LogP contribution is -2.05. The highest BCUT2D eigenvalue weighted by atomic mass is 35.5. The maximum Gasteiger partial charge on any atom is 0.416 e. The summed E-state index contributed by atoms with van der Waals surface area (Å²) >= 11 is 5.42. The zero-order valence-electron chi connectivity index (χ0n) is 10.0. The molecule has 6 heteroatoms. The minimum atomic E-state index is -4.42. The summed E-state index contributed by atoms with van der Waals surface area (Å²) in [5.74, 6) is 0. The van der Waals surface area contributed by atoms with E-state index in [1.54, 1.807) is 18.2 Å². The normalized spacial score (nSPS) is 11.2. The molecule has 2 rings (SSSR count). The predicted octanol–water partition coefficient (Wildman–Crippen LogP) is 4.83. The maximum absolute atomic E-state index is 12.6. The Morgan fingerprint density at radius 3 is 2.40 bits per heavy atom. The van der Waals surface area contributed by atoms with Crippen LogP contribution in [0.1, 0.15) is 15.9 Å². The van der Waals surface area contributed by atoms with Gasteiger partial charge in [-0.05, 0) is 41.9 Å². The van der Waals surface area contributed by atoms with E-state index < -0.39 is 17.0 Å². The van der Waals surface area contributed by atoms with Gasteiger partial charge in [-0.2, -0.15) is 13.2 Å². The van der Waals surface area contributed by atoms with Gasteiger partial charge < -0.3 is 5.32 Å². The molecule has 2 aromatic carbocycles. The van der Waals surface area contributed by atoms with E-state index in [9.17, 15) is 18.0 Å². The summed E-state index contributed by atoms with van der Waals surface area (Å²) in [5, 5.41) is 2.08. The van der Waals surface area contributed by atoms with Crippen molar-refractivity contribution in [1.29, 1.82) is 0 Å². The van der Waals surface area contributed by atoms with Crippen LogP contribution in [-0.2, 0) is 6.18 Å². The third-order valence-corrected chi connectivity index (χ3v) is 2.81. The highest BCUT2D eigenvalue weighted by molar-refractivity contribution is 6.68. The Labute approximate surface area is 118 Å². The Kier molecular flexibility index (Phi) is 3.99. The summed E-state index contributed by atoms with van der Waals surface area (Å²) in [6.45, 7) is 0. The van der Waals surface area contributed by atoms with Crippen LogP contribution < -0.4 is 5.32 Å². The summed E-state index contributed by atoms with van der Waals surface area (Å²) in [7, 11) is 0. The van der Waals surface area contributed by atoms with Gasteiger partial charge in [0.05, 0.1) is 16.8 Å². The van der Waals surface area contributed by atoms with Crippen molar-refractivity contribution in [3.05, 3.63) is 59.7 Å². The van der Waals surface area contributed by atoms with E-state index in [0.29, 0.717) is 5.69 Å². The van der Waals surface area contributed by atoms with Crippen LogP contribution in [0.25, 0.3) is 0 Å². The molecule has 0 saturated heterocycles. The standard InChI is InChI=1S/C14H9ClF3NO/c15-13(20)11-6-1-2-7-12(11)19-10-5-3-4-9(8-10)14(16,17)18/h1-8,19H. The van der Waals surface area contributed by atoms with Gasteiger partial charge in [0.2, 0.25) is 0 Å². The minimum Gasteiger partial charge on any atom is -0.355 e. The van der Waals surface area contributed by atoms with Crippen molar-refractivity contribution in [3.63, 3.8) is 0 Å². The average Bonchev–Trinajstić information content (AvgIpc) is 2.38. The van der Waals surface area contributed by atoms with Crippen molar-refractivity contribution in [2.45, 2.75) is 6.18 Å². The van der Waals surface area contributed by atoms with E-state index in [0.717, 1.165) is 12.1 Å². The Hall–Kier alpha value is -2.01. The lowest BCUT2D eigenvalue weighted by atomic mass is 10.1. The van der Waals surface area contributed by atoms with E-state index in [-0.39, 0.29) is 11.3 Å². The lowest BCUT2D eigenvalue weighted by molar-refractivity contribution is -0.137. The van der Waals surface area contributed by atoms with E-state index >= 15 is 0 Å². The van der Waals surface area contributed by atoms with Crippen molar-refractivity contribution in [3.8, 4) is 0 Å². The zero-order chi connectivity index (χ0) is 14.8. The van der Waals surface area contributed by atoms with E-state index in [2.05, 4.69) is 5.32 Å². The SMILES string of the molecule is O=C(Cl)c1ccccc1Nc1cccc(C(F)(F)F)c1. The predicted molar refractivity (Wildman–Crippen MR) is 71.4 cm³/mol. The van der Waals surface area contributed by atoms with Gasteiger partial charge in [0.1, 0.15) is 0 Å². The van der Waals surface area contributed by atoms with Crippen LogP contribution in [-0.4, -0.2) is 5.24 Å². The number of benzene rings is 2. The second kappa shape index (κ2) is 5.54. The van der Waals surface area contributed by atoms with Crippen LogP contribution >= 0.6 is 11.6 Å². The van der Waals surface area contributed by atoms with Crippen molar-refractivity contribution < 1.29 is 18.0 Å². The summed E-state index contributed by atoms with van der Waals surface area (Å²) < 4.78 is 37.8. The molecule has 0 aliphatic carbocycles. The molecule has 0 amide bonds. The third-order valence-electron chi connectivity index (χ3n) is 2.61. The Morgan fingerprint density at radius 1 is 1.05 bits per heavy atom. The number of para-hydroxylation sites is 1. The number of alkyl halides is 3. The van der Waals surface area contributed by atoms with Gasteiger partial charge in [0, 0.05) is 5.69 Å². The first-order valence-corrected chi connectivity index (χ1v) is 5.99. The number of carbonyl (C=O) groups is 1. The summed E-state index contributed by atoms with van der Waals surface area (Å²) in [4.78, 5) is 11.2. The molecule has 104 valence electrons. The third kappa shape index (κ3) is 3.30. The van der Waals surface area contributed by atoms with Crippen molar-refractivity contribution in [1.82, 2.24) is 0 Å². The van der Waals surface area contributed by atoms with E-state index in [1.165, 1.54) is 18.2 Å². The number of nitrogens with one attached hydrogen (secondary N) is 1. The van der Waals surface area contributed by atoms with Crippen LogP contribution in [0.2, 0.25) is 0 Å². The first kappa shape index (κ1) is 14.4. The smallest absolute Gasteiger partial charge is 0.355 e. The molecule has 0 unspecified atom stereocenters.